The van der Waals surface area contributed by atoms with Gasteiger partial charge in [-0.15, -0.1) is 0 Å². The lowest BCUT2D eigenvalue weighted by atomic mass is 9.79. The average Bonchev–Trinajstić information content (AvgIpc) is 3.27. The maximum atomic E-state index is 13.9. The molecule has 0 spiro atoms. The van der Waals surface area contributed by atoms with E-state index >= 15 is 0 Å². The van der Waals surface area contributed by atoms with Crippen LogP contribution in [0.1, 0.15) is 41.7 Å². The molecule has 5 rings (SSSR count). The van der Waals surface area contributed by atoms with E-state index in [0.717, 1.165) is 0 Å². The van der Waals surface area contributed by atoms with E-state index in [4.69, 9.17) is 18.9 Å². The second kappa shape index (κ2) is 9.31. The predicted octanol–water partition coefficient (Wildman–Crippen LogP) is 4.16. The molecule has 1 aliphatic carbocycles. The molecule has 3 heterocycles. The third-order valence-electron chi connectivity index (χ3n) is 7.04. The van der Waals surface area contributed by atoms with Gasteiger partial charge in [0, 0.05) is 25.8 Å². The average molecular weight is 492 g/mol. The highest BCUT2D eigenvalue weighted by molar-refractivity contribution is 5.92. The Morgan fingerprint density at radius 1 is 1.26 bits per heavy atom. The van der Waals surface area contributed by atoms with Crippen LogP contribution in [0.5, 0.6) is 11.6 Å². The summed E-state index contributed by atoms with van der Waals surface area (Å²) in [4.78, 5) is 19.2. The van der Waals surface area contributed by atoms with E-state index in [0.29, 0.717) is 30.7 Å². The maximum absolute atomic E-state index is 13.9. The molecule has 0 bridgehead atoms. The lowest BCUT2D eigenvalue weighted by molar-refractivity contribution is -0.113. The van der Waals surface area contributed by atoms with E-state index in [1.54, 1.807) is 23.1 Å². The standard InChI is InChI=1S/C25H27F3N2O5/c1-32-22-20(33-10-7-16-12-24(27,28)13-16)6-5-19(29-22)23(31)30-9-8-25(21(14-30)34-15-35-25)17-3-2-4-18(26)11-17/h2-6,11,16,21H,7-10,12-15H2,1H3/t21?,25-/m1/s1. The molecule has 2 aliphatic heterocycles. The van der Waals surface area contributed by atoms with Crippen LogP contribution in [-0.4, -0.2) is 61.4 Å². The van der Waals surface area contributed by atoms with Crippen LogP contribution in [-0.2, 0) is 15.1 Å². The number of ether oxygens (including phenoxy) is 4. The number of benzene rings is 1. The third kappa shape index (κ3) is 4.69. The van der Waals surface area contributed by atoms with Crippen molar-refractivity contribution in [2.75, 3.05) is 33.6 Å². The second-order valence-electron chi connectivity index (χ2n) is 9.29. The molecule has 1 aromatic heterocycles. The van der Waals surface area contributed by atoms with Gasteiger partial charge in [0.15, 0.2) is 5.75 Å². The van der Waals surface area contributed by atoms with Crippen molar-refractivity contribution >= 4 is 5.91 Å². The minimum absolute atomic E-state index is 0.0507. The fraction of sp³-hybridized carbons (Fsp3) is 0.520. The number of carbonyl (C=O) groups excluding carboxylic acids is 1. The number of hydrogen-bond donors (Lipinski definition) is 0. The number of aromatic nitrogens is 1. The predicted molar refractivity (Wildman–Crippen MR) is 118 cm³/mol. The van der Waals surface area contributed by atoms with Crippen molar-refractivity contribution in [2.45, 2.75) is 43.3 Å². The lowest BCUT2D eigenvalue weighted by Gasteiger charge is -2.41. The summed E-state index contributed by atoms with van der Waals surface area (Å²) in [6.07, 6.45) is 0.316. The third-order valence-corrected chi connectivity index (χ3v) is 7.04. The Bertz CT molecular complexity index is 1090. The molecule has 35 heavy (non-hydrogen) atoms. The van der Waals surface area contributed by atoms with Crippen LogP contribution in [0.25, 0.3) is 0 Å². The van der Waals surface area contributed by atoms with Gasteiger partial charge in [0.2, 0.25) is 5.92 Å². The van der Waals surface area contributed by atoms with E-state index in [1.165, 1.54) is 19.2 Å². The molecule has 3 fully saturated rings. The first-order valence-electron chi connectivity index (χ1n) is 11.7. The molecule has 1 unspecified atom stereocenters. The van der Waals surface area contributed by atoms with Crippen LogP contribution >= 0.6 is 0 Å². The minimum atomic E-state index is -2.55. The summed E-state index contributed by atoms with van der Waals surface area (Å²) in [5, 5.41) is 0. The van der Waals surface area contributed by atoms with E-state index in [1.807, 2.05) is 6.07 Å². The fourth-order valence-electron chi connectivity index (χ4n) is 5.11. The quantitative estimate of drug-likeness (QED) is 0.578. The van der Waals surface area contributed by atoms with E-state index in [-0.39, 0.29) is 62.0 Å². The maximum Gasteiger partial charge on any atom is 0.272 e. The van der Waals surface area contributed by atoms with Crippen molar-refractivity contribution in [1.29, 1.82) is 0 Å². The molecule has 188 valence electrons. The van der Waals surface area contributed by atoms with E-state index in [2.05, 4.69) is 4.98 Å². The van der Waals surface area contributed by atoms with Crippen LogP contribution in [0.15, 0.2) is 36.4 Å². The molecule has 1 aromatic carbocycles. The van der Waals surface area contributed by atoms with Crippen molar-refractivity contribution in [3.63, 3.8) is 0 Å². The Morgan fingerprint density at radius 2 is 2.09 bits per heavy atom. The number of carbonyl (C=O) groups is 1. The van der Waals surface area contributed by atoms with Gasteiger partial charge in [-0.05, 0) is 42.2 Å². The highest BCUT2D eigenvalue weighted by Crippen LogP contribution is 2.44. The zero-order valence-electron chi connectivity index (χ0n) is 19.3. The first kappa shape index (κ1) is 23.9. The van der Waals surface area contributed by atoms with Crippen molar-refractivity contribution < 1.29 is 36.9 Å². The largest absolute Gasteiger partial charge is 0.488 e. The summed E-state index contributed by atoms with van der Waals surface area (Å²) in [6.45, 7) is 0.978. The van der Waals surface area contributed by atoms with Crippen LogP contribution in [0.2, 0.25) is 0 Å². The number of piperidine rings is 1. The molecule has 2 saturated heterocycles. The molecule has 1 saturated carbocycles. The Morgan fingerprint density at radius 3 is 2.83 bits per heavy atom. The number of pyridine rings is 1. The second-order valence-corrected chi connectivity index (χ2v) is 9.29. The highest BCUT2D eigenvalue weighted by atomic mass is 19.3. The smallest absolute Gasteiger partial charge is 0.272 e. The Labute approximate surface area is 201 Å². The molecule has 2 aromatic rings. The SMILES string of the molecule is COc1nc(C(=O)N2CC[C@]3(c4cccc(F)c4)OCOC3C2)ccc1OCCC1CC(F)(F)C1. The molecule has 2 atom stereocenters. The Balaban J connectivity index is 1.23. The molecule has 0 radical (unpaired) electrons. The Kier molecular flexibility index (Phi) is 6.35. The van der Waals surface area contributed by atoms with Crippen LogP contribution in [0.3, 0.4) is 0 Å². The van der Waals surface area contributed by atoms with Crippen LogP contribution in [0.4, 0.5) is 13.2 Å². The van der Waals surface area contributed by atoms with Crippen molar-refractivity contribution in [2.24, 2.45) is 5.92 Å². The van der Waals surface area contributed by atoms with Crippen molar-refractivity contribution in [3.05, 3.63) is 53.5 Å². The summed E-state index contributed by atoms with van der Waals surface area (Å²) in [5.41, 5.74) is 0.0792. The number of methoxy groups -OCH3 is 1. The van der Waals surface area contributed by atoms with Gasteiger partial charge in [0.25, 0.3) is 11.8 Å². The van der Waals surface area contributed by atoms with Crippen LogP contribution < -0.4 is 9.47 Å². The first-order chi connectivity index (χ1) is 16.8. The summed E-state index contributed by atoms with van der Waals surface area (Å²) < 4.78 is 62.5. The molecule has 3 aliphatic rings. The number of alkyl halides is 2. The summed E-state index contributed by atoms with van der Waals surface area (Å²) in [5.74, 6) is -2.74. The van der Waals surface area contributed by atoms with Gasteiger partial charge in [-0.25, -0.2) is 18.2 Å². The molecule has 7 nitrogen and oxygen atoms in total. The van der Waals surface area contributed by atoms with Gasteiger partial charge in [0.05, 0.1) is 20.3 Å². The van der Waals surface area contributed by atoms with E-state index < -0.39 is 17.6 Å². The van der Waals surface area contributed by atoms with Gasteiger partial charge in [-0.3, -0.25) is 4.79 Å². The van der Waals surface area contributed by atoms with E-state index in [9.17, 15) is 18.0 Å². The number of halogens is 3. The zero-order valence-corrected chi connectivity index (χ0v) is 19.3. The highest BCUT2D eigenvalue weighted by Gasteiger charge is 2.51. The summed E-state index contributed by atoms with van der Waals surface area (Å²) in [6, 6.07) is 9.42. The monoisotopic (exact) mass is 492 g/mol. The van der Waals surface area contributed by atoms with Crippen LogP contribution in [0, 0.1) is 11.7 Å². The topological polar surface area (TPSA) is 70.1 Å². The fourth-order valence-corrected chi connectivity index (χ4v) is 5.11. The van der Waals surface area contributed by atoms with Gasteiger partial charge in [-0.2, -0.15) is 0 Å². The lowest BCUT2D eigenvalue weighted by Crippen LogP contribution is -2.53. The number of amides is 1. The van der Waals surface area contributed by atoms with Crippen molar-refractivity contribution in [3.8, 4) is 11.6 Å². The Hall–Kier alpha value is -2.85. The summed E-state index contributed by atoms with van der Waals surface area (Å²) in [7, 11) is 1.42. The van der Waals surface area contributed by atoms with Gasteiger partial charge in [-0.1, -0.05) is 12.1 Å². The number of nitrogens with zero attached hydrogens (tertiary/aromatic N) is 2. The first-order valence-corrected chi connectivity index (χ1v) is 11.7. The van der Waals surface area contributed by atoms with Crippen molar-refractivity contribution in [1.82, 2.24) is 9.88 Å². The normalized spacial score (nSPS) is 25.6. The minimum Gasteiger partial charge on any atom is -0.488 e. The number of fused-ring (bicyclic) bond motifs is 1. The molecular weight excluding hydrogens is 465 g/mol. The molecule has 1 amide bonds. The summed E-state index contributed by atoms with van der Waals surface area (Å²) >= 11 is 0. The number of rotatable bonds is 7. The molecule has 10 heteroatoms. The zero-order chi connectivity index (χ0) is 24.6. The van der Waals surface area contributed by atoms with Gasteiger partial charge < -0.3 is 23.8 Å². The number of likely N-dealkylation sites (tertiary alicyclic amines) is 1. The van der Waals surface area contributed by atoms with Gasteiger partial charge in [0.1, 0.15) is 30.0 Å². The van der Waals surface area contributed by atoms with Gasteiger partial charge >= 0.3 is 0 Å². The number of hydrogen-bond acceptors (Lipinski definition) is 6. The molecule has 0 N–H and O–H groups in total. The molecular formula is C25H27F3N2O5.